The number of ether oxygens (including phenoxy) is 1. The number of thiocarbonyl (C=S) groups is 1. The Morgan fingerprint density at radius 3 is 2.35 bits per heavy atom. The van der Waals surface area contributed by atoms with E-state index < -0.39 is 5.54 Å². The minimum absolute atomic E-state index is 0.0283. The predicted octanol–water partition coefficient (Wildman–Crippen LogP) is 3.66. The highest BCUT2D eigenvalue weighted by molar-refractivity contribution is 7.80. The molecule has 0 saturated carbocycles. The van der Waals surface area contributed by atoms with Crippen LogP contribution in [0.2, 0.25) is 0 Å². The van der Waals surface area contributed by atoms with Crippen LogP contribution in [0.4, 0.5) is 5.69 Å². The molecule has 0 spiro atoms. The summed E-state index contributed by atoms with van der Waals surface area (Å²) in [5, 5.41) is 0.540. The van der Waals surface area contributed by atoms with Crippen molar-refractivity contribution in [1.29, 1.82) is 0 Å². The molecular weight excluding hydrogens is 448 g/mol. The van der Waals surface area contributed by atoms with Crippen molar-refractivity contribution >= 4 is 34.9 Å². The first kappa shape index (κ1) is 25.1. The van der Waals surface area contributed by atoms with Crippen molar-refractivity contribution in [1.82, 2.24) is 14.7 Å². The van der Waals surface area contributed by atoms with E-state index in [0.717, 1.165) is 64.1 Å². The van der Waals surface area contributed by atoms with Gasteiger partial charge in [0, 0.05) is 43.8 Å². The zero-order chi connectivity index (χ0) is 24.7. The number of anilines is 1. The molecule has 0 atom stereocenters. The van der Waals surface area contributed by atoms with E-state index in [1.807, 2.05) is 19.9 Å². The van der Waals surface area contributed by atoms with Crippen molar-refractivity contribution < 1.29 is 14.3 Å². The van der Waals surface area contributed by atoms with Crippen LogP contribution in [-0.4, -0.2) is 82.0 Å². The van der Waals surface area contributed by atoms with E-state index in [-0.39, 0.29) is 24.0 Å². The summed E-state index contributed by atoms with van der Waals surface area (Å²) in [5.74, 6) is -0.339. The smallest absolute Gasteiger partial charge is 0.338 e. The Labute approximate surface area is 209 Å². The van der Waals surface area contributed by atoms with Gasteiger partial charge in [0.05, 0.1) is 11.3 Å². The summed E-state index contributed by atoms with van der Waals surface area (Å²) in [6.07, 6.45) is 3.27. The molecule has 0 N–H and O–H groups in total. The molecule has 8 heteroatoms. The fraction of sp³-hybridized carbons (Fsp3) is 0.654. The second kappa shape index (κ2) is 9.55. The van der Waals surface area contributed by atoms with E-state index >= 15 is 0 Å². The van der Waals surface area contributed by atoms with Crippen molar-refractivity contribution in [3.63, 3.8) is 0 Å². The highest BCUT2D eigenvalue weighted by Gasteiger charge is 2.49. The minimum Gasteiger partial charge on any atom is -0.457 e. The quantitative estimate of drug-likeness (QED) is 0.331. The largest absolute Gasteiger partial charge is 0.457 e. The number of carbonyl (C=O) groups is 2. The lowest BCUT2D eigenvalue weighted by atomic mass is 10.0. The molecule has 1 amide bonds. The summed E-state index contributed by atoms with van der Waals surface area (Å²) in [4.78, 5) is 33.9. The third-order valence-electron chi connectivity index (χ3n) is 7.43. The number of esters is 1. The molecule has 34 heavy (non-hydrogen) atoms. The first-order valence-corrected chi connectivity index (χ1v) is 12.8. The molecule has 0 radical (unpaired) electrons. The Morgan fingerprint density at radius 1 is 1.00 bits per heavy atom. The van der Waals surface area contributed by atoms with Gasteiger partial charge in [-0.1, -0.05) is 6.42 Å². The Bertz CT molecular complexity index is 963. The Kier molecular flexibility index (Phi) is 7.04. The monoisotopic (exact) mass is 486 g/mol. The zero-order valence-corrected chi connectivity index (χ0v) is 22.0. The minimum atomic E-state index is -0.689. The maximum atomic E-state index is 13.3. The number of hydrogen-bond acceptors (Lipinski definition) is 6. The number of amides is 1. The predicted molar refractivity (Wildman–Crippen MR) is 138 cm³/mol. The van der Waals surface area contributed by atoms with Gasteiger partial charge in [0.1, 0.15) is 12.1 Å². The molecule has 0 aliphatic carbocycles. The maximum absolute atomic E-state index is 13.3. The van der Waals surface area contributed by atoms with Crippen molar-refractivity contribution in [2.75, 3.05) is 44.2 Å². The lowest BCUT2D eigenvalue weighted by molar-refractivity contribution is -0.123. The molecule has 3 aliphatic heterocycles. The zero-order valence-electron chi connectivity index (χ0n) is 21.2. The Hall–Kier alpha value is -2.03. The summed E-state index contributed by atoms with van der Waals surface area (Å²) < 4.78 is 5.11. The van der Waals surface area contributed by atoms with Gasteiger partial charge < -0.3 is 14.5 Å². The fourth-order valence-corrected chi connectivity index (χ4v) is 5.63. The third kappa shape index (κ3) is 4.86. The van der Waals surface area contributed by atoms with Crippen LogP contribution in [-0.2, 0) is 16.1 Å². The molecule has 0 unspecified atom stereocenters. The molecule has 0 aromatic heterocycles. The topological polar surface area (TPSA) is 56.3 Å². The number of nitrogens with zero attached hydrogens (tertiary/aromatic N) is 4. The standard InChI is InChI=1S/C26H38N4O3S/c1-25(2,3)28-15-13-27(14-16-28)11-7-6-8-12-29-24(34)30(23(32)26(29,4)5)20-9-10-21-19(17-20)18-33-22(21)31/h9-10,17H,6-8,11-16,18H2,1-5H3. The van der Waals surface area contributed by atoms with Crippen molar-refractivity contribution in [3.8, 4) is 0 Å². The Balaban J connectivity index is 1.28. The maximum Gasteiger partial charge on any atom is 0.338 e. The van der Waals surface area contributed by atoms with E-state index in [4.69, 9.17) is 17.0 Å². The van der Waals surface area contributed by atoms with Crippen LogP contribution >= 0.6 is 12.2 Å². The van der Waals surface area contributed by atoms with Crippen LogP contribution in [0, 0.1) is 0 Å². The molecule has 3 aliphatic rings. The van der Waals surface area contributed by atoms with Crippen LogP contribution in [0.1, 0.15) is 69.8 Å². The lowest BCUT2D eigenvalue weighted by Crippen LogP contribution is -2.53. The molecule has 0 bridgehead atoms. The van der Waals surface area contributed by atoms with Gasteiger partial charge in [-0.25, -0.2) is 4.79 Å². The summed E-state index contributed by atoms with van der Waals surface area (Å²) in [6.45, 7) is 17.5. The molecule has 3 heterocycles. The van der Waals surface area contributed by atoms with Gasteiger partial charge in [0.2, 0.25) is 0 Å². The van der Waals surface area contributed by atoms with Crippen LogP contribution in [0.25, 0.3) is 0 Å². The third-order valence-corrected chi connectivity index (χ3v) is 7.83. The number of benzene rings is 1. The van der Waals surface area contributed by atoms with Gasteiger partial charge >= 0.3 is 5.97 Å². The summed E-state index contributed by atoms with van der Waals surface area (Å²) in [7, 11) is 0. The number of piperazine rings is 1. The average molecular weight is 487 g/mol. The molecule has 2 saturated heterocycles. The summed E-state index contributed by atoms with van der Waals surface area (Å²) >= 11 is 5.76. The molecule has 2 fully saturated rings. The second-order valence-electron chi connectivity index (χ2n) is 11.1. The molecule has 7 nitrogen and oxygen atoms in total. The normalized spacial score (nSPS) is 21.4. The van der Waals surface area contributed by atoms with Crippen LogP contribution in [0.5, 0.6) is 0 Å². The first-order chi connectivity index (χ1) is 16.0. The van der Waals surface area contributed by atoms with Crippen molar-refractivity contribution in [2.24, 2.45) is 0 Å². The van der Waals surface area contributed by atoms with Crippen molar-refractivity contribution in [2.45, 2.75) is 71.6 Å². The van der Waals surface area contributed by atoms with E-state index in [1.54, 1.807) is 17.0 Å². The summed E-state index contributed by atoms with van der Waals surface area (Å²) in [6, 6.07) is 5.37. The van der Waals surface area contributed by atoms with Crippen LogP contribution in [0.3, 0.4) is 0 Å². The van der Waals surface area contributed by atoms with Crippen LogP contribution < -0.4 is 4.90 Å². The van der Waals surface area contributed by atoms with Gasteiger partial charge in [-0.3, -0.25) is 14.6 Å². The highest BCUT2D eigenvalue weighted by Crippen LogP contribution is 2.34. The Morgan fingerprint density at radius 2 is 1.68 bits per heavy atom. The molecule has 4 rings (SSSR count). The number of hydrogen-bond donors (Lipinski definition) is 0. The first-order valence-electron chi connectivity index (χ1n) is 12.4. The second-order valence-corrected chi connectivity index (χ2v) is 11.5. The number of rotatable bonds is 7. The SMILES string of the molecule is CC(C)(C)N1CCN(CCCCCN2C(=S)N(c3ccc4c(c3)COC4=O)C(=O)C2(C)C)CC1. The lowest BCUT2D eigenvalue weighted by Gasteiger charge is -2.42. The van der Waals surface area contributed by atoms with E-state index in [2.05, 4.69) is 35.5 Å². The number of carbonyl (C=O) groups excluding carboxylic acids is 2. The number of cyclic esters (lactones) is 1. The van der Waals surface area contributed by atoms with Gasteiger partial charge in [0.15, 0.2) is 5.11 Å². The van der Waals surface area contributed by atoms with E-state index in [1.165, 1.54) is 0 Å². The average Bonchev–Trinajstić information content (AvgIpc) is 3.22. The van der Waals surface area contributed by atoms with Gasteiger partial charge in [0.25, 0.3) is 5.91 Å². The van der Waals surface area contributed by atoms with E-state index in [9.17, 15) is 9.59 Å². The fourth-order valence-electron chi connectivity index (χ4n) is 5.12. The van der Waals surface area contributed by atoms with Gasteiger partial charge in [-0.15, -0.1) is 0 Å². The molecule has 1 aromatic rings. The van der Waals surface area contributed by atoms with Gasteiger partial charge in [-0.2, -0.15) is 0 Å². The van der Waals surface area contributed by atoms with E-state index in [0.29, 0.717) is 16.4 Å². The number of unbranched alkanes of at least 4 members (excludes halogenated alkanes) is 2. The van der Waals surface area contributed by atoms with Crippen molar-refractivity contribution in [3.05, 3.63) is 29.3 Å². The van der Waals surface area contributed by atoms with Crippen LogP contribution in [0.15, 0.2) is 18.2 Å². The molecule has 186 valence electrons. The van der Waals surface area contributed by atoms with Gasteiger partial charge in [-0.05, 0) is 84.4 Å². The number of fused-ring (bicyclic) bond motifs is 1. The summed E-state index contributed by atoms with van der Waals surface area (Å²) in [5.41, 5.74) is 1.64. The highest BCUT2D eigenvalue weighted by atomic mass is 32.1. The molecule has 1 aromatic carbocycles. The molecular formula is C26H38N4O3S.